The largest absolute Gasteiger partial charge is 0.490 e. The molecule has 0 aliphatic carbocycles. The minimum absolute atomic E-state index is 0.0595. The highest BCUT2D eigenvalue weighted by Gasteiger charge is 2.34. The van der Waals surface area contributed by atoms with Gasteiger partial charge in [-0.25, -0.2) is 0 Å². The first kappa shape index (κ1) is 19.8. The summed E-state index contributed by atoms with van der Waals surface area (Å²) < 4.78 is 41.0. The number of para-hydroxylation sites is 1. The monoisotopic (exact) mass is 414 g/mol. The fourth-order valence-corrected chi connectivity index (χ4v) is 3.45. The summed E-state index contributed by atoms with van der Waals surface area (Å²) in [6, 6.07) is 15.4. The lowest BCUT2D eigenvalue weighted by Crippen LogP contribution is -2.42. The van der Waals surface area contributed by atoms with E-state index in [1.54, 1.807) is 54.5 Å². The first-order valence-electron chi connectivity index (χ1n) is 9.47. The third kappa shape index (κ3) is 3.94. The van der Waals surface area contributed by atoms with Crippen LogP contribution in [0.3, 0.4) is 0 Å². The van der Waals surface area contributed by atoms with Gasteiger partial charge in [0, 0.05) is 5.69 Å². The molecule has 0 fully saturated rings. The molecule has 2 heterocycles. The highest BCUT2D eigenvalue weighted by atomic mass is 19.3. The van der Waals surface area contributed by atoms with Gasteiger partial charge in [0.25, 0.3) is 5.91 Å². The van der Waals surface area contributed by atoms with Crippen LogP contribution in [0.15, 0.2) is 65.3 Å². The lowest BCUT2D eigenvalue weighted by atomic mass is 10.0. The summed E-state index contributed by atoms with van der Waals surface area (Å²) in [5, 5.41) is 3.35. The molecule has 1 atom stereocenters. The Morgan fingerprint density at radius 1 is 1.13 bits per heavy atom. The number of halogens is 2. The number of nitrogens with zero attached hydrogens (tertiary/aromatic N) is 1. The van der Waals surface area contributed by atoms with E-state index in [2.05, 4.69) is 10.1 Å². The van der Waals surface area contributed by atoms with Crippen LogP contribution in [-0.2, 0) is 6.54 Å². The van der Waals surface area contributed by atoms with Gasteiger partial charge in [-0.05, 0) is 48.9 Å². The highest BCUT2D eigenvalue weighted by molar-refractivity contribution is 6.01. The Morgan fingerprint density at radius 2 is 1.97 bits per heavy atom. The van der Waals surface area contributed by atoms with E-state index in [0.29, 0.717) is 22.6 Å². The van der Waals surface area contributed by atoms with Gasteiger partial charge in [-0.2, -0.15) is 8.78 Å². The van der Waals surface area contributed by atoms with Gasteiger partial charge in [0.05, 0.1) is 25.0 Å². The molecule has 0 unspecified atom stereocenters. The smallest absolute Gasteiger partial charge is 0.387 e. The third-order valence-corrected chi connectivity index (χ3v) is 4.73. The van der Waals surface area contributed by atoms with Crippen molar-refractivity contribution in [2.75, 3.05) is 11.9 Å². The molecule has 156 valence electrons. The number of carbonyl (C=O) groups excluding carboxylic acids is 1. The predicted octanol–water partition coefficient (Wildman–Crippen LogP) is 5.05. The van der Waals surface area contributed by atoms with Gasteiger partial charge in [0.15, 0.2) is 11.5 Å². The van der Waals surface area contributed by atoms with Crippen molar-refractivity contribution < 1.29 is 27.5 Å². The van der Waals surface area contributed by atoms with Crippen molar-refractivity contribution >= 4 is 11.6 Å². The van der Waals surface area contributed by atoms with Crippen molar-refractivity contribution in [3.8, 4) is 11.5 Å². The number of anilines is 1. The fourth-order valence-electron chi connectivity index (χ4n) is 3.45. The van der Waals surface area contributed by atoms with Crippen molar-refractivity contribution in [2.24, 2.45) is 0 Å². The number of nitrogens with one attached hydrogen (secondary N) is 1. The number of hydrogen-bond donors (Lipinski definition) is 1. The van der Waals surface area contributed by atoms with Crippen molar-refractivity contribution in [2.45, 2.75) is 26.2 Å². The summed E-state index contributed by atoms with van der Waals surface area (Å²) in [6.07, 6.45) is 0.987. The quantitative estimate of drug-likeness (QED) is 0.586. The van der Waals surface area contributed by atoms with Gasteiger partial charge in [-0.3, -0.25) is 4.79 Å². The molecule has 3 aromatic rings. The van der Waals surface area contributed by atoms with E-state index in [9.17, 15) is 13.6 Å². The van der Waals surface area contributed by atoms with Crippen molar-refractivity contribution in [1.82, 2.24) is 4.90 Å². The van der Waals surface area contributed by atoms with Crippen molar-refractivity contribution in [1.29, 1.82) is 0 Å². The first-order chi connectivity index (χ1) is 14.6. The summed E-state index contributed by atoms with van der Waals surface area (Å²) in [5.74, 6) is 0.575. The van der Waals surface area contributed by atoms with Crippen molar-refractivity contribution in [3.05, 3.63) is 77.7 Å². The second-order valence-corrected chi connectivity index (χ2v) is 6.62. The molecule has 0 saturated heterocycles. The van der Waals surface area contributed by atoms with Crippen LogP contribution >= 0.6 is 0 Å². The maximum absolute atomic E-state index is 13.2. The van der Waals surface area contributed by atoms with Gasteiger partial charge in [0.2, 0.25) is 0 Å². The summed E-state index contributed by atoms with van der Waals surface area (Å²) >= 11 is 0. The summed E-state index contributed by atoms with van der Waals surface area (Å²) in [7, 11) is 0. The minimum atomic E-state index is -2.97. The molecule has 2 aromatic carbocycles. The van der Waals surface area contributed by atoms with Gasteiger partial charge in [-0.1, -0.05) is 18.2 Å². The van der Waals surface area contributed by atoms with E-state index < -0.39 is 12.8 Å². The number of amides is 1. The van der Waals surface area contributed by atoms with Crippen LogP contribution in [0.4, 0.5) is 14.5 Å². The normalized spacial score (nSPS) is 15.7. The Morgan fingerprint density at radius 3 is 2.70 bits per heavy atom. The molecule has 1 N–H and O–H groups in total. The molecule has 1 aromatic heterocycles. The van der Waals surface area contributed by atoms with Crippen molar-refractivity contribution in [3.63, 3.8) is 0 Å². The molecule has 1 amide bonds. The van der Waals surface area contributed by atoms with Crippen LogP contribution in [0.1, 0.15) is 34.8 Å². The molecule has 0 bridgehead atoms. The van der Waals surface area contributed by atoms with Gasteiger partial charge < -0.3 is 24.1 Å². The summed E-state index contributed by atoms with van der Waals surface area (Å²) in [6.45, 7) is -0.705. The average molecular weight is 414 g/mol. The maximum Gasteiger partial charge on any atom is 0.387 e. The second-order valence-electron chi connectivity index (χ2n) is 6.62. The van der Waals surface area contributed by atoms with E-state index >= 15 is 0 Å². The van der Waals surface area contributed by atoms with Gasteiger partial charge in [-0.15, -0.1) is 0 Å². The van der Waals surface area contributed by atoms with Crippen LogP contribution in [0.5, 0.6) is 11.5 Å². The standard InChI is InChI=1S/C22H20F2N2O4/c1-2-28-19-12-14(9-10-18(19)30-22(23)24)20-25-17-8-4-3-7-16(17)21(27)26(20)13-15-6-5-11-29-15/h3-12,20,22,25H,2,13H2,1H3/t20-/m1/s1. The van der Waals surface area contributed by atoms with E-state index in [4.69, 9.17) is 9.15 Å². The molecule has 4 rings (SSSR count). The van der Waals surface area contributed by atoms with E-state index in [1.165, 1.54) is 6.07 Å². The number of ether oxygens (including phenoxy) is 2. The number of furan rings is 1. The topological polar surface area (TPSA) is 63.9 Å². The van der Waals surface area contributed by atoms with Crippen LogP contribution < -0.4 is 14.8 Å². The number of rotatable bonds is 7. The first-order valence-corrected chi connectivity index (χ1v) is 9.47. The predicted molar refractivity (Wildman–Crippen MR) is 106 cm³/mol. The van der Waals surface area contributed by atoms with E-state index in [0.717, 1.165) is 0 Å². The summed E-state index contributed by atoms with van der Waals surface area (Å²) in [5.41, 5.74) is 1.89. The number of hydrogen-bond acceptors (Lipinski definition) is 5. The Kier molecular flexibility index (Phi) is 5.56. The van der Waals surface area contributed by atoms with Crippen LogP contribution in [0, 0.1) is 0 Å². The Bertz CT molecular complexity index is 1020. The number of fused-ring (bicyclic) bond motifs is 1. The van der Waals surface area contributed by atoms with Gasteiger partial charge in [0.1, 0.15) is 11.9 Å². The maximum atomic E-state index is 13.2. The minimum Gasteiger partial charge on any atom is -0.490 e. The number of benzene rings is 2. The zero-order valence-corrected chi connectivity index (χ0v) is 16.2. The molecule has 1 aliphatic heterocycles. The highest BCUT2D eigenvalue weighted by Crippen LogP contribution is 2.38. The van der Waals surface area contributed by atoms with Gasteiger partial charge >= 0.3 is 6.61 Å². The van der Waals surface area contributed by atoms with E-state index in [1.807, 2.05) is 12.1 Å². The average Bonchev–Trinajstić information content (AvgIpc) is 3.24. The van der Waals surface area contributed by atoms with Crippen LogP contribution in [-0.4, -0.2) is 24.0 Å². The molecular weight excluding hydrogens is 394 g/mol. The Labute approximate surface area is 172 Å². The lowest BCUT2D eigenvalue weighted by molar-refractivity contribution is -0.0514. The summed E-state index contributed by atoms with van der Waals surface area (Å²) in [4.78, 5) is 14.9. The zero-order chi connectivity index (χ0) is 21.1. The molecule has 6 nitrogen and oxygen atoms in total. The van der Waals surface area contributed by atoms with E-state index in [-0.39, 0.29) is 30.6 Å². The molecule has 0 radical (unpaired) electrons. The zero-order valence-electron chi connectivity index (χ0n) is 16.2. The number of alkyl halides is 2. The molecule has 8 heteroatoms. The Balaban J connectivity index is 1.74. The third-order valence-electron chi connectivity index (χ3n) is 4.73. The molecule has 1 aliphatic rings. The molecule has 0 spiro atoms. The number of carbonyl (C=O) groups is 1. The van der Waals surface area contributed by atoms with Crippen LogP contribution in [0.2, 0.25) is 0 Å². The lowest BCUT2D eigenvalue weighted by Gasteiger charge is -2.38. The van der Waals surface area contributed by atoms with Crippen LogP contribution in [0.25, 0.3) is 0 Å². The SMILES string of the molecule is CCOc1cc([C@@H]2Nc3ccccc3C(=O)N2Cc2ccco2)ccc1OC(F)F. The molecule has 0 saturated carbocycles. The second kappa shape index (κ2) is 8.44. The fraction of sp³-hybridized carbons (Fsp3) is 0.227. The molecule has 30 heavy (non-hydrogen) atoms. The molecular formula is C22H20F2N2O4. The Hall–Kier alpha value is -3.55.